The van der Waals surface area contributed by atoms with E-state index in [0.29, 0.717) is 35.5 Å². The molecule has 3 fully saturated rings. The molecule has 3 aliphatic heterocycles. The number of nitrogens with one attached hydrogen (secondary N) is 1. The third-order valence-corrected chi connectivity index (χ3v) is 9.46. The Hall–Kier alpha value is -3.99. The minimum absolute atomic E-state index is 0.0991. The number of halogens is 1. The molecule has 46 heavy (non-hydrogen) atoms. The zero-order chi connectivity index (χ0) is 33.0. The van der Waals surface area contributed by atoms with Crippen molar-refractivity contribution in [1.82, 2.24) is 10.2 Å². The van der Waals surface area contributed by atoms with Crippen molar-refractivity contribution in [3.63, 3.8) is 0 Å². The lowest BCUT2D eigenvalue weighted by Gasteiger charge is -2.39. The molecule has 10 nitrogen and oxygen atoms in total. The van der Waals surface area contributed by atoms with E-state index in [9.17, 15) is 24.3 Å². The standard InChI is InChI=1S/C35H40ClN3O7/c1-4-6-16-28(41)37-20-22(3)45-34(44)29-27-17-18-35(46-27)30(29)32(42)39(26(21-40)23-12-8-7-9-13-23)31(35)33(43)38(19-5-2)25-15-11-10-14-24(25)36/h4-5,7-15,22,26-27,29-31,40H,1-2,6,16-21H2,3H3,(H,37,41)/t22-,26+,27-,29+,30+,31-,35+/m0/s1. The van der Waals surface area contributed by atoms with Crippen molar-refractivity contribution in [2.75, 3.05) is 24.6 Å². The number of anilines is 1. The molecule has 0 saturated carbocycles. The van der Waals surface area contributed by atoms with Crippen LogP contribution in [0.25, 0.3) is 0 Å². The summed E-state index contributed by atoms with van der Waals surface area (Å²) in [5.74, 6) is -3.72. The summed E-state index contributed by atoms with van der Waals surface area (Å²) >= 11 is 6.56. The highest BCUT2D eigenvalue weighted by atomic mass is 35.5. The fraction of sp³-hybridized carbons (Fsp3) is 0.429. The van der Waals surface area contributed by atoms with Crippen molar-refractivity contribution in [2.24, 2.45) is 11.8 Å². The number of carbonyl (C=O) groups excluding carboxylic acids is 4. The smallest absolute Gasteiger partial charge is 0.312 e. The summed E-state index contributed by atoms with van der Waals surface area (Å²) < 4.78 is 12.3. The Morgan fingerprint density at radius 2 is 1.89 bits per heavy atom. The molecular formula is C35H40ClN3O7. The highest BCUT2D eigenvalue weighted by Crippen LogP contribution is 2.60. The van der Waals surface area contributed by atoms with Crippen molar-refractivity contribution in [3.8, 4) is 0 Å². The summed E-state index contributed by atoms with van der Waals surface area (Å²) in [7, 11) is 0. The molecule has 3 saturated heterocycles. The first-order chi connectivity index (χ1) is 22.2. The number of ether oxygens (including phenoxy) is 2. The largest absolute Gasteiger partial charge is 0.460 e. The minimum Gasteiger partial charge on any atom is -0.460 e. The Labute approximate surface area is 274 Å². The highest BCUT2D eigenvalue weighted by Gasteiger charge is 2.76. The van der Waals surface area contributed by atoms with Crippen LogP contribution in [0.3, 0.4) is 0 Å². The fourth-order valence-electron chi connectivity index (χ4n) is 7.16. The predicted molar refractivity (Wildman–Crippen MR) is 173 cm³/mol. The molecule has 3 amide bonds. The maximum absolute atomic E-state index is 14.8. The number of esters is 1. The van der Waals surface area contributed by atoms with Gasteiger partial charge in [-0.1, -0.05) is 66.2 Å². The van der Waals surface area contributed by atoms with Crippen molar-refractivity contribution >= 4 is 41.0 Å². The second-order valence-corrected chi connectivity index (χ2v) is 12.4. The topological polar surface area (TPSA) is 125 Å². The van der Waals surface area contributed by atoms with Crippen LogP contribution in [-0.4, -0.2) is 77.2 Å². The van der Waals surface area contributed by atoms with E-state index in [0.717, 1.165) is 0 Å². The molecule has 244 valence electrons. The third kappa shape index (κ3) is 6.09. The van der Waals surface area contributed by atoms with Crippen LogP contribution in [0, 0.1) is 11.8 Å². The first kappa shape index (κ1) is 33.4. The van der Waals surface area contributed by atoms with Crippen LogP contribution in [0.15, 0.2) is 79.9 Å². The molecule has 3 aliphatic rings. The SMILES string of the molecule is C=CCCC(=O)NC[C@H](C)OC(=O)[C@@H]1[C@@H]2CC[C@]3(O2)[C@H](C(=O)N(CC=C)c2ccccc2Cl)N([C@H](CO)c2ccccc2)C(=O)[C@@H]13. The lowest BCUT2D eigenvalue weighted by molar-refractivity contribution is -0.159. The maximum Gasteiger partial charge on any atom is 0.312 e. The number of aliphatic hydroxyl groups excluding tert-OH is 1. The van der Waals surface area contributed by atoms with Gasteiger partial charge in [-0.05, 0) is 43.9 Å². The number of fused-ring (bicyclic) bond motifs is 1. The van der Waals surface area contributed by atoms with Crippen LogP contribution in [0.2, 0.25) is 5.02 Å². The first-order valence-electron chi connectivity index (χ1n) is 15.6. The van der Waals surface area contributed by atoms with E-state index in [2.05, 4.69) is 18.5 Å². The summed E-state index contributed by atoms with van der Waals surface area (Å²) in [4.78, 5) is 58.1. The molecule has 3 heterocycles. The van der Waals surface area contributed by atoms with Gasteiger partial charge in [0.2, 0.25) is 11.8 Å². The molecule has 0 unspecified atom stereocenters. The van der Waals surface area contributed by atoms with E-state index < -0.39 is 66.1 Å². The molecule has 0 aromatic heterocycles. The number of rotatable bonds is 14. The van der Waals surface area contributed by atoms with Gasteiger partial charge in [-0.3, -0.25) is 19.2 Å². The molecule has 2 bridgehead atoms. The van der Waals surface area contributed by atoms with E-state index in [-0.39, 0.29) is 25.4 Å². The Bertz CT molecular complexity index is 1490. The second kappa shape index (κ2) is 14.2. The number of hydrogen-bond donors (Lipinski definition) is 2. The normalized spacial score (nSPS) is 25.8. The van der Waals surface area contributed by atoms with E-state index in [1.165, 1.54) is 9.80 Å². The Kier molecular flexibility index (Phi) is 10.3. The van der Waals surface area contributed by atoms with Crippen LogP contribution < -0.4 is 10.2 Å². The fourth-order valence-corrected chi connectivity index (χ4v) is 7.39. The van der Waals surface area contributed by atoms with Crippen molar-refractivity contribution in [3.05, 3.63) is 90.5 Å². The number of para-hydroxylation sites is 1. The Morgan fingerprint density at radius 1 is 1.17 bits per heavy atom. The molecule has 1 spiro atoms. The van der Waals surface area contributed by atoms with E-state index in [1.54, 1.807) is 67.6 Å². The number of aliphatic hydroxyl groups is 1. The van der Waals surface area contributed by atoms with Gasteiger partial charge in [0.25, 0.3) is 5.91 Å². The summed E-state index contributed by atoms with van der Waals surface area (Å²) in [6, 6.07) is 13.8. The van der Waals surface area contributed by atoms with Gasteiger partial charge in [-0.25, -0.2) is 0 Å². The molecular weight excluding hydrogens is 610 g/mol. The molecule has 2 aromatic carbocycles. The molecule has 2 aromatic rings. The minimum atomic E-state index is -1.34. The molecule has 11 heteroatoms. The summed E-state index contributed by atoms with van der Waals surface area (Å²) in [5, 5.41) is 13.8. The van der Waals surface area contributed by atoms with Crippen molar-refractivity contribution < 1.29 is 33.8 Å². The lowest BCUT2D eigenvalue weighted by Crippen LogP contribution is -2.57. The van der Waals surface area contributed by atoms with Crippen LogP contribution in [0.5, 0.6) is 0 Å². The number of carbonyl (C=O) groups is 4. The zero-order valence-electron chi connectivity index (χ0n) is 25.8. The number of hydrogen-bond acceptors (Lipinski definition) is 7. The summed E-state index contributed by atoms with van der Waals surface area (Å²) in [6.07, 6.45) is 3.53. The second-order valence-electron chi connectivity index (χ2n) is 12.0. The lowest BCUT2D eigenvalue weighted by atomic mass is 9.70. The maximum atomic E-state index is 14.8. The third-order valence-electron chi connectivity index (χ3n) is 9.14. The highest BCUT2D eigenvalue weighted by molar-refractivity contribution is 6.34. The quantitative estimate of drug-likeness (QED) is 0.234. The van der Waals surface area contributed by atoms with Gasteiger partial charge >= 0.3 is 5.97 Å². The predicted octanol–water partition coefficient (Wildman–Crippen LogP) is 3.98. The van der Waals surface area contributed by atoms with Crippen molar-refractivity contribution in [1.29, 1.82) is 0 Å². The van der Waals surface area contributed by atoms with Gasteiger partial charge in [0.15, 0.2) is 0 Å². The van der Waals surface area contributed by atoms with Crippen molar-refractivity contribution in [2.45, 2.75) is 62.5 Å². The number of benzene rings is 2. The van der Waals surface area contributed by atoms with Crippen LogP contribution in [0.1, 0.15) is 44.2 Å². The van der Waals surface area contributed by atoms with Gasteiger partial charge < -0.3 is 29.7 Å². The van der Waals surface area contributed by atoms with Gasteiger partial charge in [-0.2, -0.15) is 0 Å². The Morgan fingerprint density at radius 3 is 2.57 bits per heavy atom. The average molecular weight is 650 g/mol. The van der Waals surface area contributed by atoms with E-state index in [1.807, 2.05) is 6.07 Å². The monoisotopic (exact) mass is 649 g/mol. The van der Waals surface area contributed by atoms with Gasteiger partial charge in [0.1, 0.15) is 17.7 Å². The zero-order valence-corrected chi connectivity index (χ0v) is 26.6. The van der Waals surface area contributed by atoms with Crippen LogP contribution >= 0.6 is 11.6 Å². The summed E-state index contributed by atoms with van der Waals surface area (Å²) in [6.45, 7) is 8.85. The van der Waals surface area contributed by atoms with Gasteiger partial charge in [-0.15, -0.1) is 13.2 Å². The van der Waals surface area contributed by atoms with Crippen LogP contribution in [-0.2, 0) is 28.7 Å². The molecule has 7 atom stereocenters. The van der Waals surface area contributed by atoms with Gasteiger partial charge in [0.05, 0.1) is 47.8 Å². The molecule has 0 radical (unpaired) electrons. The Balaban J connectivity index is 1.50. The number of allylic oxidation sites excluding steroid dienone is 1. The molecule has 0 aliphatic carbocycles. The molecule has 2 N–H and O–H groups in total. The van der Waals surface area contributed by atoms with Crippen LogP contribution in [0.4, 0.5) is 5.69 Å². The van der Waals surface area contributed by atoms with E-state index in [4.69, 9.17) is 21.1 Å². The van der Waals surface area contributed by atoms with Gasteiger partial charge in [0, 0.05) is 13.0 Å². The molecule has 5 rings (SSSR count). The number of likely N-dealkylation sites (tertiary alicyclic amines) is 1. The number of amides is 3. The summed E-state index contributed by atoms with van der Waals surface area (Å²) in [5.41, 5.74) is -0.267. The average Bonchev–Trinajstić information content (AvgIpc) is 3.70. The first-order valence-corrected chi connectivity index (χ1v) is 16.0. The van der Waals surface area contributed by atoms with E-state index >= 15 is 0 Å². The number of nitrogens with zero attached hydrogens (tertiary/aromatic N) is 2.